The summed E-state index contributed by atoms with van der Waals surface area (Å²) in [4.78, 5) is 46.1. The van der Waals surface area contributed by atoms with Crippen molar-refractivity contribution >= 4 is 45.5 Å². The van der Waals surface area contributed by atoms with Crippen LogP contribution in [-0.4, -0.2) is 84.9 Å². The Bertz CT molecular complexity index is 979. The summed E-state index contributed by atoms with van der Waals surface area (Å²) in [6.07, 6.45) is 5.29. The molecule has 3 fully saturated rings. The van der Waals surface area contributed by atoms with E-state index < -0.39 is 40.2 Å². The third-order valence-corrected chi connectivity index (χ3v) is 11.6. The maximum absolute atomic E-state index is 14.8. The smallest absolute Gasteiger partial charge is 0.310 e. The normalized spacial score (nSPS) is 30.9. The van der Waals surface area contributed by atoms with Gasteiger partial charge in [0.1, 0.15) is 6.04 Å². The summed E-state index contributed by atoms with van der Waals surface area (Å²) in [6, 6.07) is -1.36. The number of fused-ring (bicyclic) bond motifs is 1. The van der Waals surface area contributed by atoms with Crippen LogP contribution in [0.4, 0.5) is 0 Å². The number of carbonyl (C=O) groups excluding carboxylic acids is 3. The fourth-order valence-electron chi connectivity index (χ4n) is 7.24. The van der Waals surface area contributed by atoms with Crippen molar-refractivity contribution in [1.29, 1.82) is 0 Å². The first-order chi connectivity index (χ1) is 18.1. The van der Waals surface area contributed by atoms with Crippen molar-refractivity contribution in [3.8, 4) is 0 Å². The Labute approximate surface area is 247 Å². The molecule has 3 heterocycles. The summed E-state index contributed by atoms with van der Waals surface area (Å²) in [6.45, 7) is 22.4. The van der Waals surface area contributed by atoms with Gasteiger partial charge >= 0.3 is 5.97 Å². The highest BCUT2D eigenvalue weighted by Gasteiger charge is 2.77. The van der Waals surface area contributed by atoms with E-state index in [1.807, 2.05) is 18.7 Å². The first kappa shape index (κ1) is 32.2. The summed E-state index contributed by atoms with van der Waals surface area (Å²) in [5, 5.41) is 10.3. The number of rotatable bonds is 12. The predicted octanol–water partition coefficient (Wildman–Crippen LogP) is 4.82. The van der Waals surface area contributed by atoms with Crippen LogP contribution in [0.1, 0.15) is 67.7 Å². The molecule has 0 saturated carbocycles. The van der Waals surface area contributed by atoms with Crippen molar-refractivity contribution in [2.75, 3.05) is 19.8 Å². The molecule has 0 radical (unpaired) electrons. The second-order valence-corrected chi connectivity index (χ2v) is 16.2. The van der Waals surface area contributed by atoms with Crippen molar-refractivity contribution in [3.63, 3.8) is 0 Å². The van der Waals surface area contributed by atoms with E-state index in [1.54, 1.807) is 28.8 Å². The number of halogens is 1. The maximum atomic E-state index is 14.8. The standard InChI is InChI=1S/C30H47BrN2O5S/c1-10-12-14-38-27(37)21-22-25(35)33(20(16-34)18(3)4)24(30(22)15-19(31)23(21)39-30)26(36)32(13-11-2)29(8,9)17-28(5,6)7/h10-11,18-24,34H,1-2,12-17H2,3-9H3/t19?,20-,21-,22-,23-,24?,30?/m0/s1. The highest BCUT2D eigenvalue weighted by molar-refractivity contribution is 9.09. The first-order valence-corrected chi connectivity index (χ1v) is 15.8. The third-order valence-electron chi connectivity index (χ3n) is 8.38. The number of thioether (sulfide) groups is 1. The highest BCUT2D eigenvalue weighted by Crippen LogP contribution is 2.68. The van der Waals surface area contributed by atoms with E-state index >= 15 is 0 Å². The fraction of sp³-hybridized carbons (Fsp3) is 0.767. The number of likely N-dealkylation sites (tertiary alicyclic amines) is 1. The van der Waals surface area contributed by atoms with E-state index in [-0.39, 0.29) is 46.4 Å². The van der Waals surface area contributed by atoms with Crippen molar-refractivity contribution in [1.82, 2.24) is 9.80 Å². The zero-order valence-electron chi connectivity index (χ0n) is 24.6. The molecule has 3 unspecified atom stereocenters. The molecule has 3 saturated heterocycles. The lowest BCUT2D eigenvalue weighted by Crippen LogP contribution is -2.62. The van der Waals surface area contributed by atoms with Crippen LogP contribution < -0.4 is 0 Å². The van der Waals surface area contributed by atoms with Gasteiger partial charge in [-0.15, -0.1) is 24.9 Å². The number of hydrogen-bond acceptors (Lipinski definition) is 6. The Hall–Kier alpha value is -1.32. The van der Waals surface area contributed by atoms with Crippen molar-refractivity contribution < 1.29 is 24.2 Å². The molecule has 0 aromatic heterocycles. The summed E-state index contributed by atoms with van der Waals surface area (Å²) in [7, 11) is 0. The molecule has 3 rings (SSSR count). The lowest BCUT2D eigenvalue weighted by Gasteiger charge is -2.47. The van der Waals surface area contributed by atoms with Crippen LogP contribution in [0.3, 0.4) is 0 Å². The van der Waals surface area contributed by atoms with Gasteiger partial charge < -0.3 is 19.6 Å². The van der Waals surface area contributed by atoms with E-state index in [9.17, 15) is 19.5 Å². The van der Waals surface area contributed by atoms with Gasteiger partial charge in [-0.2, -0.15) is 0 Å². The fourth-order valence-corrected chi connectivity index (χ4v) is 10.8. The number of hydrogen-bond donors (Lipinski definition) is 1. The number of nitrogens with zero attached hydrogens (tertiary/aromatic N) is 2. The molecular formula is C30H47BrN2O5S. The Morgan fingerprint density at radius 2 is 1.90 bits per heavy atom. The van der Waals surface area contributed by atoms with E-state index in [1.165, 1.54) is 0 Å². The van der Waals surface area contributed by atoms with Crippen LogP contribution in [0, 0.1) is 23.2 Å². The van der Waals surface area contributed by atoms with Gasteiger partial charge in [-0.25, -0.2) is 0 Å². The summed E-state index contributed by atoms with van der Waals surface area (Å²) < 4.78 is 4.81. The molecule has 0 aromatic rings. The Balaban J connectivity index is 2.14. The minimum atomic E-state index is -0.810. The van der Waals surface area contributed by atoms with Gasteiger partial charge in [0.25, 0.3) is 0 Å². The van der Waals surface area contributed by atoms with Crippen molar-refractivity contribution in [3.05, 3.63) is 25.3 Å². The Morgan fingerprint density at radius 1 is 1.26 bits per heavy atom. The van der Waals surface area contributed by atoms with E-state index in [0.29, 0.717) is 19.4 Å². The zero-order valence-corrected chi connectivity index (χ0v) is 27.0. The molecule has 3 aliphatic rings. The van der Waals surface area contributed by atoms with Gasteiger partial charge in [-0.05, 0) is 44.4 Å². The van der Waals surface area contributed by atoms with Crippen molar-refractivity contribution in [2.24, 2.45) is 23.2 Å². The molecule has 2 bridgehead atoms. The number of ether oxygens (including phenoxy) is 1. The Morgan fingerprint density at radius 3 is 2.41 bits per heavy atom. The molecule has 9 heteroatoms. The first-order valence-electron chi connectivity index (χ1n) is 14.0. The number of amides is 2. The number of esters is 1. The predicted molar refractivity (Wildman–Crippen MR) is 161 cm³/mol. The number of aliphatic hydroxyl groups is 1. The number of aliphatic hydroxyl groups excluding tert-OH is 1. The van der Waals surface area contributed by atoms with E-state index in [4.69, 9.17) is 4.74 Å². The Kier molecular flexibility index (Phi) is 9.81. The third kappa shape index (κ3) is 5.87. The van der Waals surface area contributed by atoms with Crippen LogP contribution in [0.2, 0.25) is 0 Å². The molecule has 0 aliphatic carbocycles. The minimum absolute atomic E-state index is 0.0391. The number of carbonyl (C=O) groups is 3. The molecule has 7 nitrogen and oxygen atoms in total. The lowest BCUT2D eigenvalue weighted by atomic mass is 9.70. The largest absolute Gasteiger partial charge is 0.465 e. The molecule has 1 N–H and O–H groups in total. The van der Waals surface area contributed by atoms with Crippen LogP contribution in [0.5, 0.6) is 0 Å². The SMILES string of the molecule is C=CCCOC(=O)[C@H]1[C@H]2C(=O)N([C@@H](CO)C(C)C)C(C(=O)N(CC=C)C(C)(C)CC(C)(C)C)C23CC(Br)[C@@H]1S3. The van der Waals surface area contributed by atoms with Gasteiger partial charge in [0, 0.05) is 22.2 Å². The monoisotopic (exact) mass is 626 g/mol. The summed E-state index contributed by atoms with van der Waals surface area (Å²) in [5.41, 5.74) is -0.555. The van der Waals surface area contributed by atoms with Gasteiger partial charge in [-0.1, -0.05) is 62.7 Å². The van der Waals surface area contributed by atoms with Crippen LogP contribution in [0.15, 0.2) is 25.3 Å². The quantitative estimate of drug-likeness (QED) is 0.145. The molecule has 39 heavy (non-hydrogen) atoms. The number of alkyl halides is 1. The summed E-state index contributed by atoms with van der Waals surface area (Å²) >= 11 is 5.39. The van der Waals surface area contributed by atoms with Crippen LogP contribution >= 0.6 is 27.7 Å². The van der Waals surface area contributed by atoms with Gasteiger partial charge in [0.05, 0.1) is 35.8 Å². The van der Waals surface area contributed by atoms with Gasteiger partial charge in [-0.3, -0.25) is 14.4 Å². The maximum Gasteiger partial charge on any atom is 0.310 e. The topological polar surface area (TPSA) is 87.1 Å². The lowest BCUT2D eigenvalue weighted by molar-refractivity contribution is -0.154. The van der Waals surface area contributed by atoms with Gasteiger partial charge in [0.2, 0.25) is 11.8 Å². The second-order valence-electron chi connectivity index (χ2n) is 13.4. The molecule has 3 aliphatic heterocycles. The zero-order chi connectivity index (χ0) is 29.5. The van der Waals surface area contributed by atoms with Crippen molar-refractivity contribution in [2.45, 2.75) is 100 Å². The average molecular weight is 628 g/mol. The molecule has 220 valence electrons. The van der Waals surface area contributed by atoms with Crippen LogP contribution in [0.25, 0.3) is 0 Å². The molecule has 7 atom stereocenters. The van der Waals surface area contributed by atoms with Gasteiger partial charge in [0.15, 0.2) is 0 Å². The average Bonchev–Trinajstić information content (AvgIpc) is 3.39. The highest BCUT2D eigenvalue weighted by atomic mass is 79.9. The molecule has 2 amide bonds. The molecule has 0 aromatic carbocycles. The molecular weight excluding hydrogens is 580 g/mol. The minimum Gasteiger partial charge on any atom is -0.465 e. The van der Waals surface area contributed by atoms with E-state index in [0.717, 1.165) is 6.42 Å². The van der Waals surface area contributed by atoms with Crippen LogP contribution in [-0.2, 0) is 19.1 Å². The second kappa shape index (κ2) is 11.9. The summed E-state index contributed by atoms with van der Waals surface area (Å²) in [5.74, 6) is -2.20. The molecule has 1 spiro atoms. The van der Waals surface area contributed by atoms with E-state index in [2.05, 4.69) is 63.7 Å².